The molecule has 6 N–H and O–H groups in total. The van der Waals surface area contributed by atoms with Gasteiger partial charge in [0.25, 0.3) is 0 Å². The quantitative estimate of drug-likeness (QED) is 0.396. The molecule has 0 aliphatic carbocycles. The molecule has 3 unspecified atom stereocenters. The number of aliphatic hydroxyl groups is 3. The first-order valence-corrected chi connectivity index (χ1v) is 9.13. The lowest BCUT2D eigenvalue weighted by atomic mass is 9.92. The molecule has 2 aliphatic rings. The zero-order valence-corrected chi connectivity index (χ0v) is 15.5. The van der Waals surface area contributed by atoms with Crippen molar-refractivity contribution in [3.8, 4) is 23.0 Å². The maximum Gasteiger partial charge on any atom is 0.203 e. The molecule has 0 aromatic heterocycles. The lowest BCUT2D eigenvalue weighted by Crippen LogP contribution is -2.56. The number of carbonyl (C=O) groups excluding carboxylic acids is 1. The number of Topliss-reactive ketones (excluding diaryl/α,β-unsaturated/α-hetero) is 1. The van der Waals surface area contributed by atoms with Crippen LogP contribution in [0, 0.1) is 0 Å². The number of rotatable bonds is 3. The monoisotopic (exact) mass is 420 g/mol. The second kappa shape index (κ2) is 7.74. The van der Waals surface area contributed by atoms with Crippen molar-refractivity contribution in [2.24, 2.45) is 0 Å². The van der Waals surface area contributed by atoms with E-state index in [0.717, 1.165) is 6.07 Å². The molecule has 2 aromatic carbocycles. The summed E-state index contributed by atoms with van der Waals surface area (Å²) in [5.74, 6) is -1.63. The number of hydrogen-bond acceptors (Lipinski definition) is 10. The fourth-order valence-corrected chi connectivity index (χ4v) is 3.49. The van der Waals surface area contributed by atoms with Crippen LogP contribution in [0.25, 0.3) is 0 Å². The number of benzene rings is 2. The Morgan fingerprint density at radius 3 is 2.33 bits per heavy atom. The van der Waals surface area contributed by atoms with Gasteiger partial charge in [-0.2, -0.15) is 0 Å². The first-order chi connectivity index (χ1) is 14.3. The molecule has 0 amide bonds. The molecule has 10 heteroatoms. The molecule has 2 heterocycles. The number of ketones is 1. The number of phenols is 3. The number of hydrogen-bond donors (Lipinski definition) is 6. The molecule has 0 bridgehead atoms. The highest BCUT2D eigenvalue weighted by molar-refractivity contribution is 6.05. The molecule has 0 saturated carbocycles. The van der Waals surface area contributed by atoms with Crippen molar-refractivity contribution in [3.05, 3.63) is 47.5 Å². The lowest BCUT2D eigenvalue weighted by molar-refractivity contribution is -0.283. The summed E-state index contributed by atoms with van der Waals surface area (Å²) in [5.41, 5.74) is 0.198. The summed E-state index contributed by atoms with van der Waals surface area (Å²) in [4.78, 5) is 13.2. The van der Waals surface area contributed by atoms with Crippen LogP contribution in [0.5, 0.6) is 23.0 Å². The van der Waals surface area contributed by atoms with Crippen molar-refractivity contribution in [3.63, 3.8) is 0 Å². The van der Waals surface area contributed by atoms with Crippen molar-refractivity contribution in [1.82, 2.24) is 0 Å². The topological polar surface area (TPSA) is 166 Å². The Morgan fingerprint density at radius 1 is 0.933 bits per heavy atom. The Kier molecular flexibility index (Phi) is 5.26. The third-order valence-electron chi connectivity index (χ3n) is 5.06. The minimum absolute atomic E-state index is 0.0165. The maximum absolute atomic E-state index is 13.2. The van der Waals surface area contributed by atoms with E-state index in [1.165, 1.54) is 30.3 Å². The van der Waals surface area contributed by atoms with Crippen LogP contribution in [0.15, 0.2) is 36.4 Å². The first-order valence-electron chi connectivity index (χ1n) is 9.13. The Morgan fingerprint density at radius 2 is 1.63 bits per heavy atom. The van der Waals surface area contributed by atoms with Gasteiger partial charge < -0.3 is 44.8 Å². The first kappa shape index (κ1) is 20.4. The van der Waals surface area contributed by atoms with Crippen molar-refractivity contribution < 1.29 is 49.6 Å². The number of fused-ring (bicyclic) bond motifs is 1. The van der Waals surface area contributed by atoms with E-state index in [0.29, 0.717) is 5.56 Å². The summed E-state index contributed by atoms with van der Waals surface area (Å²) in [6.07, 6.45) is -8.48. The van der Waals surface area contributed by atoms with E-state index in [1.54, 1.807) is 0 Å². The summed E-state index contributed by atoms with van der Waals surface area (Å²) < 4.78 is 16.7. The van der Waals surface area contributed by atoms with Gasteiger partial charge in [-0.15, -0.1) is 0 Å². The minimum atomic E-state index is -1.64. The predicted octanol–water partition coefficient (Wildman–Crippen LogP) is -0.0560. The Bertz CT molecular complexity index is 943. The van der Waals surface area contributed by atoms with E-state index in [2.05, 4.69) is 0 Å². The van der Waals surface area contributed by atoms with E-state index in [-0.39, 0.29) is 29.4 Å². The van der Waals surface area contributed by atoms with Crippen LogP contribution in [-0.4, -0.2) is 73.7 Å². The van der Waals surface area contributed by atoms with Gasteiger partial charge in [0.15, 0.2) is 18.5 Å². The number of aliphatic hydroxyl groups excluding tert-OH is 3. The van der Waals surface area contributed by atoms with Gasteiger partial charge in [-0.25, -0.2) is 0 Å². The number of carbonyl (C=O) groups is 1. The smallest absolute Gasteiger partial charge is 0.203 e. The van der Waals surface area contributed by atoms with E-state index in [1.807, 2.05) is 0 Å². The van der Waals surface area contributed by atoms with Crippen molar-refractivity contribution in [2.75, 3.05) is 6.61 Å². The van der Waals surface area contributed by atoms with Gasteiger partial charge in [-0.1, -0.05) is 12.1 Å². The van der Waals surface area contributed by atoms with Gasteiger partial charge in [0.05, 0.1) is 6.61 Å². The molecule has 1 saturated heterocycles. The van der Waals surface area contributed by atoms with Crippen molar-refractivity contribution in [2.45, 2.75) is 36.8 Å². The van der Waals surface area contributed by atoms with Crippen LogP contribution in [-0.2, 0) is 9.47 Å². The molecular formula is C20H20O10. The third kappa shape index (κ3) is 3.55. The Labute approximate surface area is 170 Å². The lowest BCUT2D eigenvalue weighted by Gasteiger charge is -2.39. The number of phenolic OH excluding ortho intramolecular Hbond substituents is 3. The van der Waals surface area contributed by atoms with Crippen molar-refractivity contribution in [1.29, 1.82) is 0 Å². The Hall–Kier alpha value is -2.89. The summed E-state index contributed by atoms with van der Waals surface area (Å²) in [5, 5.41) is 59.1. The molecule has 1 fully saturated rings. The standard InChI is InChI=1S/C20H20O10/c21-9-3-1-8(2-4-9)18-19(30-20-17(27)15(25)12(24)7-28-20)16(26)14-11(23)5-10(22)6-13(14)29-18/h1-6,12,15,17-25,27H,7H2/t12-,15-,17+,18?,19?,20?/m1/s1. The molecule has 6 atom stereocenters. The average molecular weight is 420 g/mol. The van der Waals surface area contributed by atoms with E-state index < -0.39 is 48.3 Å². The second-order valence-electron chi connectivity index (χ2n) is 7.14. The van der Waals surface area contributed by atoms with Crippen LogP contribution in [0.3, 0.4) is 0 Å². The third-order valence-corrected chi connectivity index (χ3v) is 5.06. The highest BCUT2D eigenvalue weighted by atomic mass is 16.7. The molecule has 4 rings (SSSR count). The largest absolute Gasteiger partial charge is 0.508 e. The molecule has 2 aromatic rings. The average Bonchev–Trinajstić information content (AvgIpc) is 2.70. The summed E-state index contributed by atoms with van der Waals surface area (Å²) in [7, 11) is 0. The van der Waals surface area contributed by atoms with Gasteiger partial charge in [-0.3, -0.25) is 4.79 Å². The van der Waals surface area contributed by atoms with Crippen LogP contribution < -0.4 is 4.74 Å². The molecule has 160 valence electrons. The molecular weight excluding hydrogens is 400 g/mol. The maximum atomic E-state index is 13.2. The molecule has 30 heavy (non-hydrogen) atoms. The van der Waals surface area contributed by atoms with Gasteiger partial charge in [0, 0.05) is 12.1 Å². The second-order valence-corrected chi connectivity index (χ2v) is 7.14. The fraction of sp³-hybridized carbons (Fsp3) is 0.350. The molecule has 0 spiro atoms. The fourth-order valence-electron chi connectivity index (χ4n) is 3.49. The van der Waals surface area contributed by atoms with Crippen molar-refractivity contribution >= 4 is 5.78 Å². The van der Waals surface area contributed by atoms with Gasteiger partial charge in [0.2, 0.25) is 5.78 Å². The van der Waals surface area contributed by atoms with E-state index in [9.17, 15) is 35.4 Å². The van der Waals surface area contributed by atoms with E-state index >= 15 is 0 Å². The SMILES string of the molecule is O=C1c2c(O)cc(O)cc2OC(c2ccc(O)cc2)C1OC1OC[C@@H](O)[C@@H](O)[C@@H]1O. The number of aromatic hydroxyl groups is 3. The van der Waals surface area contributed by atoms with Gasteiger partial charge in [-0.05, 0) is 17.7 Å². The molecule has 10 nitrogen and oxygen atoms in total. The predicted molar refractivity (Wildman–Crippen MR) is 98.2 cm³/mol. The zero-order chi connectivity index (χ0) is 21.6. The Balaban J connectivity index is 1.72. The highest BCUT2D eigenvalue weighted by Crippen LogP contribution is 2.43. The van der Waals surface area contributed by atoms with Crippen LogP contribution >= 0.6 is 0 Å². The zero-order valence-electron chi connectivity index (χ0n) is 15.5. The van der Waals surface area contributed by atoms with E-state index in [4.69, 9.17) is 14.2 Å². The van der Waals surface area contributed by atoms with Crippen LogP contribution in [0.1, 0.15) is 22.0 Å². The number of ether oxygens (including phenoxy) is 3. The van der Waals surface area contributed by atoms with Gasteiger partial charge >= 0.3 is 0 Å². The summed E-state index contributed by atoms with van der Waals surface area (Å²) >= 11 is 0. The summed E-state index contributed by atoms with van der Waals surface area (Å²) in [6, 6.07) is 7.89. The summed E-state index contributed by atoms with van der Waals surface area (Å²) in [6.45, 7) is -0.329. The normalized spacial score (nSPS) is 31.1. The van der Waals surface area contributed by atoms with Gasteiger partial charge in [0.1, 0.15) is 46.9 Å². The molecule has 2 aliphatic heterocycles. The van der Waals surface area contributed by atoms with Crippen LogP contribution in [0.4, 0.5) is 0 Å². The minimum Gasteiger partial charge on any atom is -0.508 e. The highest BCUT2D eigenvalue weighted by Gasteiger charge is 2.46. The molecule has 0 radical (unpaired) electrons. The van der Waals surface area contributed by atoms with Crippen LogP contribution in [0.2, 0.25) is 0 Å².